The molecule has 1 aromatic carbocycles. The number of alkyl carbamates (subject to hydrolysis) is 1. The number of para-hydroxylation sites is 1. The van der Waals surface area contributed by atoms with Gasteiger partial charge in [0.1, 0.15) is 5.60 Å². The number of fused-ring (bicyclic) bond motifs is 1. The van der Waals surface area contributed by atoms with Crippen LogP contribution in [-0.4, -0.2) is 37.2 Å². The molecule has 0 saturated carbocycles. The van der Waals surface area contributed by atoms with Crippen LogP contribution in [0.3, 0.4) is 0 Å². The van der Waals surface area contributed by atoms with Gasteiger partial charge in [-0.1, -0.05) is 25.1 Å². The van der Waals surface area contributed by atoms with E-state index < -0.39 is 11.7 Å². The molecule has 2 amide bonds. The van der Waals surface area contributed by atoms with Crippen molar-refractivity contribution >= 4 is 23.5 Å². The Balaban J connectivity index is 1.68. The molecule has 33 heavy (non-hydrogen) atoms. The lowest BCUT2D eigenvalue weighted by molar-refractivity contribution is -0.116. The number of nitrogens with one attached hydrogen (secondary N) is 2. The van der Waals surface area contributed by atoms with Gasteiger partial charge in [-0.25, -0.2) is 14.3 Å². The first-order chi connectivity index (χ1) is 15.6. The smallest absolute Gasteiger partial charge is 0.408 e. The lowest BCUT2D eigenvalue weighted by Crippen LogP contribution is -2.32. The third-order valence-corrected chi connectivity index (χ3v) is 5.16. The number of carbonyl (C=O) groups is 2. The molecule has 0 spiro atoms. The fourth-order valence-electron chi connectivity index (χ4n) is 3.55. The Morgan fingerprint density at radius 2 is 1.85 bits per heavy atom. The van der Waals surface area contributed by atoms with Gasteiger partial charge in [-0.2, -0.15) is 4.98 Å². The summed E-state index contributed by atoms with van der Waals surface area (Å²) in [7, 11) is 0. The molecule has 0 unspecified atom stereocenters. The van der Waals surface area contributed by atoms with E-state index in [0.717, 1.165) is 34.6 Å². The minimum Gasteiger partial charge on any atom is -0.444 e. The van der Waals surface area contributed by atoms with Crippen LogP contribution in [0, 0.1) is 13.8 Å². The molecule has 9 nitrogen and oxygen atoms in total. The van der Waals surface area contributed by atoms with Gasteiger partial charge in [-0.05, 0) is 64.7 Å². The Morgan fingerprint density at radius 1 is 1.12 bits per heavy atom. The van der Waals surface area contributed by atoms with Crippen LogP contribution in [0.1, 0.15) is 62.5 Å². The molecular weight excluding hydrogens is 420 g/mol. The maximum absolute atomic E-state index is 12.6. The molecule has 0 fully saturated rings. The van der Waals surface area contributed by atoms with Gasteiger partial charge in [-0.3, -0.25) is 4.79 Å². The van der Waals surface area contributed by atoms with Gasteiger partial charge in [0.15, 0.2) is 5.82 Å². The van der Waals surface area contributed by atoms with Crippen molar-refractivity contribution in [1.29, 1.82) is 0 Å². The summed E-state index contributed by atoms with van der Waals surface area (Å²) < 4.78 is 6.89. The zero-order valence-corrected chi connectivity index (χ0v) is 20.2. The number of nitrogens with zero attached hydrogens (tertiary/aromatic N) is 4. The number of aryl methyl sites for hydroxylation is 3. The highest BCUT2D eigenvalue weighted by Gasteiger charge is 2.18. The van der Waals surface area contributed by atoms with Gasteiger partial charge in [-0.15, -0.1) is 5.10 Å². The largest absolute Gasteiger partial charge is 0.444 e. The number of anilines is 1. The van der Waals surface area contributed by atoms with Gasteiger partial charge in [0.2, 0.25) is 5.91 Å². The SMILES string of the molecule is CCc1ccccc1NC(=O)CCc1c(C)nc2nc(CNC(=O)OC(C)(C)C)nn2c1C. The van der Waals surface area contributed by atoms with Crippen LogP contribution < -0.4 is 10.6 Å². The first-order valence-electron chi connectivity index (χ1n) is 11.1. The molecule has 3 aromatic rings. The molecule has 9 heteroatoms. The van der Waals surface area contributed by atoms with E-state index in [2.05, 4.69) is 32.6 Å². The van der Waals surface area contributed by atoms with Gasteiger partial charge in [0, 0.05) is 23.5 Å². The molecule has 0 aliphatic rings. The van der Waals surface area contributed by atoms with E-state index >= 15 is 0 Å². The summed E-state index contributed by atoms with van der Waals surface area (Å²) in [5.74, 6) is 0.841. The van der Waals surface area contributed by atoms with E-state index in [9.17, 15) is 9.59 Å². The molecule has 0 radical (unpaired) electrons. The van der Waals surface area contributed by atoms with Gasteiger partial charge >= 0.3 is 6.09 Å². The van der Waals surface area contributed by atoms with Crippen LogP contribution in [-0.2, 0) is 28.9 Å². The number of amides is 2. The molecule has 176 valence electrons. The number of rotatable bonds is 7. The summed E-state index contributed by atoms with van der Waals surface area (Å²) in [6, 6.07) is 7.82. The van der Waals surface area contributed by atoms with Crippen LogP contribution >= 0.6 is 0 Å². The standard InChI is InChI=1S/C24H32N6O3/c1-7-17-10-8-9-11-19(17)27-21(31)13-12-18-15(2)26-22-28-20(29-30(22)16(18)3)14-25-23(32)33-24(4,5)6/h8-11H,7,12-14H2,1-6H3,(H,25,32)(H,27,31). The number of carbonyl (C=O) groups excluding carboxylic acids is 2. The molecule has 0 aliphatic heterocycles. The number of ether oxygens (including phenoxy) is 1. The third kappa shape index (κ3) is 6.27. The number of hydrogen-bond acceptors (Lipinski definition) is 6. The van der Waals surface area contributed by atoms with Crippen molar-refractivity contribution in [2.75, 3.05) is 5.32 Å². The van der Waals surface area contributed by atoms with Crippen molar-refractivity contribution in [3.8, 4) is 0 Å². The average molecular weight is 453 g/mol. The Kier molecular flexibility index (Phi) is 7.30. The molecule has 2 N–H and O–H groups in total. The van der Waals surface area contributed by atoms with Crippen LogP contribution in [0.15, 0.2) is 24.3 Å². The number of hydrogen-bond donors (Lipinski definition) is 2. The van der Waals surface area contributed by atoms with E-state index in [-0.39, 0.29) is 12.5 Å². The maximum atomic E-state index is 12.6. The zero-order valence-electron chi connectivity index (χ0n) is 20.2. The normalized spacial score (nSPS) is 11.5. The number of aromatic nitrogens is 4. The van der Waals surface area contributed by atoms with E-state index in [1.165, 1.54) is 0 Å². The van der Waals surface area contributed by atoms with Crippen molar-refractivity contribution in [3.63, 3.8) is 0 Å². The van der Waals surface area contributed by atoms with Crippen molar-refractivity contribution in [2.24, 2.45) is 0 Å². The van der Waals surface area contributed by atoms with Crippen LogP contribution in [0.4, 0.5) is 10.5 Å². The molecular formula is C24H32N6O3. The summed E-state index contributed by atoms with van der Waals surface area (Å²) in [5.41, 5.74) is 4.02. The first kappa shape index (κ1) is 24.2. The van der Waals surface area contributed by atoms with Crippen molar-refractivity contribution in [2.45, 2.75) is 73.0 Å². The Morgan fingerprint density at radius 3 is 2.55 bits per heavy atom. The van der Waals surface area contributed by atoms with Gasteiger partial charge in [0.25, 0.3) is 5.78 Å². The average Bonchev–Trinajstić information content (AvgIpc) is 3.14. The third-order valence-electron chi connectivity index (χ3n) is 5.16. The maximum Gasteiger partial charge on any atom is 0.408 e. The van der Waals surface area contributed by atoms with Gasteiger partial charge < -0.3 is 15.4 Å². The van der Waals surface area contributed by atoms with E-state index in [1.807, 2.05) is 38.1 Å². The summed E-state index contributed by atoms with van der Waals surface area (Å²) in [6.45, 7) is 11.4. The van der Waals surface area contributed by atoms with E-state index in [1.54, 1.807) is 25.3 Å². The quantitative estimate of drug-likeness (QED) is 0.563. The highest BCUT2D eigenvalue weighted by Crippen LogP contribution is 2.18. The van der Waals surface area contributed by atoms with Crippen molar-refractivity contribution < 1.29 is 14.3 Å². The fraction of sp³-hybridized carbons (Fsp3) is 0.458. The molecule has 0 atom stereocenters. The monoisotopic (exact) mass is 452 g/mol. The van der Waals surface area contributed by atoms with Crippen LogP contribution in [0.5, 0.6) is 0 Å². The summed E-state index contributed by atoms with van der Waals surface area (Å²) in [6.07, 6.45) is 1.19. The highest BCUT2D eigenvalue weighted by atomic mass is 16.6. The lowest BCUT2D eigenvalue weighted by atomic mass is 10.1. The van der Waals surface area contributed by atoms with Gasteiger partial charge in [0.05, 0.1) is 6.54 Å². The molecule has 2 aromatic heterocycles. The second kappa shape index (κ2) is 9.97. The molecule has 2 heterocycles. The van der Waals surface area contributed by atoms with E-state index in [0.29, 0.717) is 24.4 Å². The van der Waals surface area contributed by atoms with Crippen molar-refractivity contribution in [3.05, 3.63) is 52.6 Å². The summed E-state index contributed by atoms with van der Waals surface area (Å²) >= 11 is 0. The fourth-order valence-corrected chi connectivity index (χ4v) is 3.55. The van der Waals surface area contributed by atoms with Crippen LogP contribution in [0.2, 0.25) is 0 Å². The minimum atomic E-state index is -0.578. The molecule has 0 bridgehead atoms. The Hall–Kier alpha value is -3.49. The second-order valence-electron chi connectivity index (χ2n) is 8.92. The Bertz CT molecular complexity index is 1160. The lowest BCUT2D eigenvalue weighted by Gasteiger charge is -2.19. The second-order valence-corrected chi connectivity index (χ2v) is 8.92. The predicted molar refractivity (Wildman–Crippen MR) is 126 cm³/mol. The van der Waals surface area contributed by atoms with Crippen molar-refractivity contribution in [1.82, 2.24) is 24.9 Å². The summed E-state index contributed by atoms with van der Waals surface area (Å²) in [4.78, 5) is 33.4. The van der Waals surface area contributed by atoms with E-state index in [4.69, 9.17) is 4.74 Å². The Labute approximate surface area is 194 Å². The highest BCUT2D eigenvalue weighted by molar-refractivity contribution is 5.91. The first-order valence-corrected chi connectivity index (χ1v) is 11.1. The topological polar surface area (TPSA) is 111 Å². The predicted octanol–water partition coefficient (Wildman–Crippen LogP) is 3.90. The molecule has 0 saturated heterocycles. The minimum absolute atomic E-state index is 0.0457. The number of benzene rings is 1. The molecule has 3 rings (SSSR count). The zero-order chi connectivity index (χ0) is 24.2. The van der Waals surface area contributed by atoms with Crippen LogP contribution in [0.25, 0.3) is 5.78 Å². The molecule has 0 aliphatic carbocycles. The summed E-state index contributed by atoms with van der Waals surface area (Å²) in [5, 5.41) is 10.1.